The number of imide groups is 1. The van der Waals surface area contributed by atoms with Gasteiger partial charge >= 0.3 is 12.0 Å². The van der Waals surface area contributed by atoms with E-state index in [1.54, 1.807) is 30.3 Å². The maximum atomic E-state index is 12.5. The third-order valence-electron chi connectivity index (χ3n) is 3.70. The first-order chi connectivity index (χ1) is 12.5. The number of rotatable bonds is 6. The Morgan fingerprint density at radius 2 is 1.77 bits per heavy atom. The van der Waals surface area contributed by atoms with Gasteiger partial charge in [0.25, 0.3) is 5.91 Å². The first-order valence-electron chi connectivity index (χ1n) is 7.86. The predicted octanol–water partition coefficient (Wildman–Crippen LogP) is 2.24. The lowest BCUT2D eigenvalue weighted by atomic mass is 10.1. The van der Waals surface area contributed by atoms with E-state index >= 15 is 0 Å². The van der Waals surface area contributed by atoms with Crippen LogP contribution in [0.4, 0.5) is 4.79 Å². The van der Waals surface area contributed by atoms with E-state index in [1.165, 1.54) is 0 Å². The Kier molecular flexibility index (Phi) is 4.98. The highest BCUT2D eigenvalue weighted by Gasteiger charge is 2.33. The number of carbonyl (C=O) groups is 3. The summed E-state index contributed by atoms with van der Waals surface area (Å²) in [7, 11) is 0. The highest BCUT2D eigenvalue weighted by atomic mass is 16.5. The topological polar surface area (TPSA) is 95.9 Å². The number of benzene rings is 2. The van der Waals surface area contributed by atoms with Crippen LogP contribution in [-0.4, -0.2) is 34.5 Å². The fourth-order valence-electron chi connectivity index (χ4n) is 2.45. The Hall–Kier alpha value is -3.61. The van der Waals surface area contributed by atoms with Gasteiger partial charge in [-0.05, 0) is 29.3 Å². The van der Waals surface area contributed by atoms with Crippen LogP contribution in [0.1, 0.15) is 11.1 Å². The van der Waals surface area contributed by atoms with Gasteiger partial charge in [-0.3, -0.25) is 9.69 Å². The second-order valence-corrected chi connectivity index (χ2v) is 5.62. The van der Waals surface area contributed by atoms with Crippen LogP contribution in [0.3, 0.4) is 0 Å². The van der Waals surface area contributed by atoms with Crippen molar-refractivity contribution >= 4 is 24.0 Å². The van der Waals surface area contributed by atoms with E-state index in [0.29, 0.717) is 11.3 Å². The average molecular weight is 352 g/mol. The molecule has 1 saturated heterocycles. The smallest absolute Gasteiger partial charge is 0.341 e. The molecule has 0 aromatic heterocycles. The van der Waals surface area contributed by atoms with E-state index in [-0.39, 0.29) is 12.2 Å². The summed E-state index contributed by atoms with van der Waals surface area (Å²) < 4.78 is 5.05. The molecule has 3 rings (SSSR count). The summed E-state index contributed by atoms with van der Waals surface area (Å²) in [5, 5.41) is 11.2. The molecule has 7 heteroatoms. The van der Waals surface area contributed by atoms with Crippen molar-refractivity contribution in [1.29, 1.82) is 0 Å². The Labute approximate surface area is 149 Å². The zero-order valence-corrected chi connectivity index (χ0v) is 13.7. The molecule has 7 nitrogen and oxygen atoms in total. The summed E-state index contributed by atoms with van der Waals surface area (Å²) >= 11 is 0. The zero-order valence-electron chi connectivity index (χ0n) is 13.7. The van der Waals surface area contributed by atoms with Crippen molar-refractivity contribution in [1.82, 2.24) is 10.2 Å². The fourth-order valence-corrected chi connectivity index (χ4v) is 2.45. The number of urea groups is 1. The van der Waals surface area contributed by atoms with Crippen LogP contribution in [0.5, 0.6) is 5.75 Å². The second kappa shape index (κ2) is 7.52. The van der Waals surface area contributed by atoms with E-state index in [2.05, 4.69) is 5.32 Å². The molecule has 0 radical (unpaired) electrons. The maximum absolute atomic E-state index is 12.5. The minimum atomic E-state index is -1.06. The lowest BCUT2D eigenvalue weighted by Crippen LogP contribution is -2.30. The predicted molar refractivity (Wildman–Crippen MR) is 93.1 cm³/mol. The van der Waals surface area contributed by atoms with Crippen LogP contribution < -0.4 is 10.1 Å². The van der Waals surface area contributed by atoms with E-state index < -0.39 is 24.5 Å². The van der Waals surface area contributed by atoms with Crippen molar-refractivity contribution < 1.29 is 24.2 Å². The minimum Gasteiger partial charge on any atom is -0.482 e. The monoisotopic (exact) mass is 352 g/mol. The summed E-state index contributed by atoms with van der Waals surface area (Å²) in [6.45, 7) is -0.228. The number of amides is 3. The van der Waals surface area contributed by atoms with E-state index in [4.69, 9.17) is 9.84 Å². The van der Waals surface area contributed by atoms with Gasteiger partial charge in [0, 0.05) is 0 Å². The number of aliphatic carboxylic acids is 1. The largest absolute Gasteiger partial charge is 0.482 e. The van der Waals surface area contributed by atoms with Gasteiger partial charge in [-0.2, -0.15) is 0 Å². The highest BCUT2D eigenvalue weighted by molar-refractivity contribution is 6.13. The number of nitrogens with one attached hydrogen (secondary N) is 1. The molecule has 1 aliphatic heterocycles. The lowest BCUT2D eigenvalue weighted by molar-refractivity contribution is -0.139. The Morgan fingerprint density at radius 3 is 2.42 bits per heavy atom. The summed E-state index contributed by atoms with van der Waals surface area (Å²) in [6, 6.07) is 15.3. The molecule has 26 heavy (non-hydrogen) atoms. The fraction of sp³-hybridized carbons (Fsp3) is 0.105. The number of ether oxygens (including phenoxy) is 1. The van der Waals surface area contributed by atoms with Gasteiger partial charge < -0.3 is 15.2 Å². The molecule has 3 amide bonds. The van der Waals surface area contributed by atoms with Gasteiger partial charge in [-0.25, -0.2) is 9.59 Å². The van der Waals surface area contributed by atoms with Gasteiger partial charge in [0.1, 0.15) is 11.4 Å². The molecule has 2 N–H and O–H groups in total. The molecule has 0 atom stereocenters. The lowest BCUT2D eigenvalue weighted by Gasteiger charge is -2.11. The summed E-state index contributed by atoms with van der Waals surface area (Å²) in [6.07, 6.45) is 1.56. The number of nitrogens with zero attached hydrogens (tertiary/aromatic N) is 1. The van der Waals surface area contributed by atoms with Crippen molar-refractivity contribution in [3.8, 4) is 5.75 Å². The van der Waals surface area contributed by atoms with Crippen LogP contribution in [-0.2, 0) is 16.1 Å². The first kappa shape index (κ1) is 17.2. The molecule has 0 aliphatic carbocycles. The van der Waals surface area contributed by atoms with Crippen LogP contribution in [0.15, 0.2) is 60.3 Å². The zero-order chi connectivity index (χ0) is 18.5. The first-order valence-corrected chi connectivity index (χ1v) is 7.86. The summed E-state index contributed by atoms with van der Waals surface area (Å²) in [5.41, 5.74) is 1.72. The molecule has 0 spiro atoms. The van der Waals surface area contributed by atoms with Gasteiger partial charge in [-0.15, -0.1) is 0 Å². The van der Waals surface area contributed by atoms with Gasteiger partial charge in [0.15, 0.2) is 6.61 Å². The van der Waals surface area contributed by atoms with Crippen molar-refractivity contribution in [2.75, 3.05) is 6.61 Å². The SMILES string of the molecule is O=C(O)COc1ccc(/C=C2/NC(=O)N(Cc3ccccc3)C2=O)cc1. The Bertz CT molecular complexity index is 859. The molecule has 0 saturated carbocycles. The van der Waals surface area contributed by atoms with Crippen LogP contribution in [0.2, 0.25) is 0 Å². The standard InChI is InChI=1S/C19H16N2O5/c22-17(23)12-26-15-8-6-13(7-9-15)10-16-18(24)21(19(25)20-16)11-14-4-2-1-3-5-14/h1-10H,11-12H2,(H,20,25)(H,22,23)/b16-10+. The van der Waals surface area contributed by atoms with Crippen molar-refractivity contribution in [3.05, 3.63) is 71.4 Å². The van der Waals surface area contributed by atoms with Crippen molar-refractivity contribution in [3.63, 3.8) is 0 Å². The molecule has 132 valence electrons. The van der Waals surface area contributed by atoms with E-state index in [0.717, 1.165) is 10.5 Å². The van der Waals surface area contributed by atoms with Gasteiger partial charge in [0.05, 0.1) is 6.54 Å². The number of carboxylic acids is 1. The quantitative estimate of drug-likeness (QED) is 0.614. The molecule has 1 fully saturated rings. The van der Waals surface area contributed by atoms with Crippen LogP contribution in [0.25, 0.3) is 6.08 Å². The Balaban J connectivity index is 1.70. The summed E-state index contributed by atoms with van der Waals surface area (Å²) in [4.78, 5) is 36.1. The molecule has 2 aromatic rings. The second-order valence-electron chi connectivity index (χ2n) is 5.62. The highest BCUT2D eigenvalue weighted by Crippen LogP contribution is 2.18. The molecule has 1 aliphatic rings. The normalized spacial score (nSPS) is 15.2. The van der Waals surface area contributed by atoms with Crippen LogP contribution >= 0.6 is 0 Å². The van der Waals surface area contributed by atoms with Crippen LogP contribution in [0, 0.1) is 0 Å². The summed E-state index contributed by atoms with van der Waals surface area (Å²) in [5.74, 6) is -1.05. The van der Waals surface area contributed by atoms with Gasteiger partial charge in [0.2, 0.25) is 0 Å². The number of carboxylic acid groups (broad SMARTS) is 1. The third-order valence-corrected chi connectivity index (χ3v) is 3.70. The minimum absolute atomic E-state index is 0.185. The van der Waals surface area contributed by atoms with Crippen molar-refractivity contribution in [2.24, 2.45) is 0 Å². The molecular weight excluding hydrogens is 336 g/mol. The third kappa shape index (κ3) is 4.07. The van der Waals surface area contributed by atoms with E-state index in [1.807, 2.05) is 30.3 Å². The van der Waals surface area contributed by atoms with Crippen molar-refractivity contribution in [2.45, 2.75) is 6.54 Å². The maximum Gasteiger partial charge on any atom is 0.341 e. The molecule has 0 bridgehead atoms. The number of hydrogen-bond acceptors (Lipinski definition) is 4. The average Bonchev–Trinajstić information content (AvgIpc) is 2.89. The van der Waals surface area contributed by atoms with Gasteiger partial charge in [-0.1, -0.05) is 42.5 Å². The molecular formula is C19H16N2O5. The molecule has 1 heterocycles. The molecule has 2 aromatic carbocycles. The number of carbonyl (C=O) groups excluding carboxylic acids is 2. The number of hydrogen-bond donors (Lipinski definition) is 2. The molecule has 0 unspecified atom stereocenters. The Morgan fingerprint density at radius 1 is 1.08 bits per heavy atom. The van der Waals surface area contributed by atoms with E-state index in [9.17, 15) is 14.4 Å².